The lowest BCUT2D eigenvalue weighted by atomic mass is 9.75. The fourth-order valence-electron chi connectivity index (χ4n) is 2.83. The van der Waals surface area contributed by atoms with Crippen LogP contribution in [0.3, 0.4) is 0 Å². The van der Waals surface area contributed by atoms with E-state index >= 15 is 0 Å². The molecule has 0 bridgehead atoms. The minimum atomic E-state index is -0.879. The van der Waals surface area contributed by atoms with Crippen molar-refractivity contribution in [3.05, 3.63) is 71.8 Å². The summed E-state index contributed by atoms with van der Waals surface area (Å²) in [7, 11) is 0. The summed E-state index contributed by atoms with van der Waals surface area (Å²) in [5.41, 5.74) is 0.535. The van der Waals surface area contributed by atoms with E-state index < -0.39 is 11.9 Å². The summed E-state index contributed by atoms with van der Waals surface area (Å²) in [6, 6.07) is 16.6. The van der Waals surface area contributed by atoms with Gasteiger partial charge in [0.15, 0.2) is 0 Å². The zero-order valence-electron chi connectivity index (χ0n) is 15.8. The van der Waals surface area contributed by atoms with E-state index in [9.17, 15) is 9.59 Å². The molecule has 2 aromatic rings. The van der Waals surface area contributed by atoms with Crippen molar-refractivity contribution in [2.24, 2.45) is 5.41 Å². The fraction of sp³-hybridized carbons (Fsp3) is 0.364. The lowest BCUT2D eigenvalue weighted by Gasteiger charge is -2.33. The van der Waals surface area contributed by atoms with E-state index in [1.807, 2.05) is 0 Å². The minimum Gasteiger partial charge on any atom is -0.478 e. The summed E-state index contributed by atoms with van der Waals surface area (Å²) in [6.07, 6.45) is 5.60. The van der Waals surface area contributed by atoms with E-state index in [0.717, 1.165) is 12.8 Å². The van der Waals surface area contributed by atoms with Gasteiger partial charge in [0.2, 0.25) is 0 Å². The first-order valence-corrected chi connectivity index (χ1v) is 9.22. The highest BCUT2D eigenvalue weighted by Crippen LogP contribution is 2.34. The van der Waals surface area contributed by atoms with Gasteiger partial charge in [-0.05, 0) is 37.1 Å². The predicted octanol–water partition coefficient (Wildman–Crippen LogP) is 3.69. The van der Waals surface area contributed by atoms with Gasteiger partial charge in [0.05, 0.1) is 24.3 Å². The average molecular weight is 388 g/mol. The summed E-state index contributed by atoms with van der Waals surface area (Å²) < 4.78 is 0. The van der Waals surface area contributed by atoms with Crippen LogP contribution in [0.5, 0.6) is 0 Å². The van der Waals surface area contributed by atoms with Crippen molar-refractivity contribution in [2.75, 3.05) is 13.2 Å². The highest BCUT2D eigenvalue weighted by molar-refractivity contribution is 5.87. The molecule has 1 aliphatic rings. The summed E-state index contributed by atoms with van der Waals surface area (Å²) in [4.78, 5) is 20.4. The van der Waals surface area contributed by atoms with Crippen molar-refractivity contribution in [3.8, 4) is 0 Å². The molecule has 0 radical (unpaired) electrons. The third-order valence-corrected chi connectivity index (χ3v) is 4.63. The molecular weight excluding hydrogens is 360 g/mol. The monoisotopic (exact) mass is 388 g/mol. The Morgan fingerprint density at radius 1 is 0.679 bits per heavy atom. The minimum absolute atomic E-state index is 0.127. The molecule has 0 atom stereocenters. The van der Waals surface area contributed by atoms with Gasteiger partial charge in [-0.2, -0.15) is 0 Å². The maximum Gasteiger partial charge on any atom is 0.335 e. The summed E-state index contributed by atoms with van der Waals surface area (Å²) >= 11 is 0. The highest BCUT2D eigenvalue weighted by Gasteiger charge is 2.30. The lowest BCUT2D eigenvalue weighted by molar-refractivity contribution is 0.0234. The molecule has 4 N–H and O–H groups in total. The molecule has 3 rings (SSSR count). The maximum atomic E-state index is 10.2. The smallest absolute Gasteiger partial charge is 0.335 e. The third-order valence-electron chi connectivity index (χ3n) is 4.63. The predicted molar refractivity (Wildman–Crippen MR) is 106 cm³/mol. The second kappa shape index (κ2) is 12.6. The van der Waals surface area contributed by atoms with Crippen LogP contribution in [0.1, 0.15) is 52.8 Å². The van der Waals surface area contributed by atoms with Gasteiger partial charge in [0, 0.05) is 5.41 Å². The Balaban J connectivity index is 0.000000210. The second-order valence-corrected chi connectivity index (χ2v) is 6.72. The van der Waals surface area contributed by atoms with Gasteiger partial charge >= 0.3 is 11.9 Å². The average Bonchev–Trinajstić information content (AvgIpc) is 2.76. The van der Waals surface area contributed by atoms with Crippen molar-refractivity contribution < 1.29 is 30.0 Å². The summed E-state index contributed by atoms with van der Waals surface area (Å²) in [6.45, 7) is 0.312. The SMILES string of the molecule is O=C(O)c1ccccc1.O=C(O)c1ccccc1.OCC1(CO)CCCCC1. The molecule has 28 heavy (non-hydrogen) atoms. The first-order chi connectivity index (χ1) is 13.4. The first-order valence-electron chi connectivity index (χ1n) is 9.22. The van der Waals surface area contributed by atoms with Gasteiger partial charge < -0.3 is 20.4 Å². The van der Waals surface area contributed by atoms with Gasteiger partial charge in [-0.3, -0.25) is 0 Å². The van der Waals surface area contributed by atoms with Crippen LogP contribution in [0.2, 0.25) is 0 Å². The number of hydrogen-bond donors (Lipinski definition) is 4. The molecule has 0 aliphatic heterocycles. The number of benzene rings is 2. The van der Waals surface area contributed by atoms with Gasteiger partial charge in [-0.1, -0.05) is 55.7 Å². The van der Waals surface area contributed by atoms with E-state index in [0.29, 0.717) is 11.1 Å². The Kier molecular flexibility index (Phi) is 10.5. The van der Waals surface area contributed by atoms with Gasteiger partial charge in [-0.25, -0.2) is 9.59 Å². The maximum absolute atomic E-state index is 10.2. The topological polar surface area (TPSA) is 115 Å². The number of rotatable bonds is 4. The van der Waals surface area contributed by atoms with Crippen molar-refractivity contribution in [2.45, 2.75) is 32.1 Å². The van der Waals surface area contributed by atoms with E-state index in [-0.39, 0.29) is 18.6 Å². The van der Waals surface area contributed by atoms with Gasteiger partial charge in [0.25, 0.3) is 0 Å². The number of aliphatic hydroxyl groups excluding tert-OH is 2. The molecule has 0 heterocycles. The molecule has 1 fully saturated rings. The molecule has 0 aromatic heterocycles. The second-order valence-electron chi connectivity index (χ2n) is 6.72. The van der Waals surface area contributed by atoms with E-state index in [2.05, 4.69) is 0 Å². The fourth-order valence-corrected chi connectivity index (χ4v) is 2.83. The zero-order valence-corrected chi connectivity index (χ0v) is 15.8. The van der Waals surface area contributed by atoms with Crippen LogP contribution < -0.4 is 0 Å². The van der Waals surface area contributed by atoms with E-state index in [1.54, 1.807) is 60.7 Å². The number of carboxylic acid groups (broad SMARTS) is 2. The van der Waals surface area contributed by atoms with E-state index in [4.69, 9.17) is 20.4 Å². The van der Waals surface area contributed by atoms with Crippen LogP contribution in [0.25, 0.3) is 0 Å². The van der Waals surface area contributed by atoms with Crippen LogP contribution in [-0.2, 0) is 0 Å². The van der Waals surface area contributed by atoms with Crippen LogP contribution >= 0.6 is 0 Å². The number of carboxylic acids is 2. The Hall–Kier alpha value is -2.70. The number of carbonyl (C=O) groups is 2. The zero-order chi connectivity index (χ0) is 20.8. The molecule has 0 spiro atoms. The standard InChI is InChI=1S/C8H16O2.2C7H6O2/c9-6-8(7-10)4-2-1-3-5-8;2*8-7(9)6-4-2-1-3-5-6/h9-10H,1-7H2;2*1-5H,(H,8,9). The summed E-state index contributed by atoms with van der Waals surface area (Å²) in [5, 5.41) is 34.7. The molecule has 1 saturated carbocycles. The van der Waals surface area contributed by atoms with Crippen molar-refractivity contribution in [1.82, 2.24) is 0 Å². The van der Waals surface area contributed by atoms with E-state index in [1.165, 1.54) is 19.3 Å². The van der Waals surface area contributed by atoms with Crippen LogP contribution in [0.15, 0.2) is 60.7 Å². The molecule has 152 valence electrons. The van der Waals surface area contributed by atoms with Crippen molar-refractivity contribution in [3.63, 3.8) is 0 Å². The largest absolute Gasteiger partial charge is 0.478 e. The molecule has 6 nitrogen and oxygen atoms in total. The van der Waals surface area contributed by atoms with Gasteiger partial charge in [0.1, 0.15) is 0 Å². The Labute approximate surface area is 165 Å². The van der Waals surface area contributed by atoms with Crippen molar-refractivity contribution in [1.29, 1.82) is 0 Å². The van der Waals surface area contributed by atoms with Crippen molar-refractivity contribution >= 4 is 11.9 Å². The molecule has 0 saturated heterocycles. The summed E-state index contributed by atoms with van der Waals surface area (Å²) in [5.74, 6) is -1.76. The quantitative estimate of drug-likeness (QED) is 0.635. The molecule has 6 heteroatoms. The molecule has 2 aromatic carbocycles. The number of aliphatic hydroxyl groups is 2. The Morgan fingerprint density at radius 2 is 1.04 bits per heavy atom. The molecule has 0 unspecified atom stereocenters. The lowest BCUT2D eigenvalue weighted by Crippen LogP contribution is -2.31. The first kappa shape index (κ1) is 23.3. The molecular formula is C22H28O6. The Morgan fingerprint density at radius 3 is 1.25 bits per heavy atom. The van der Waals surface area contributed by atoms with Crippen LogP contribution in [-0.4, -0.2) is 45.6 Å². The number of hydrogen-bond acceptors (Lipinski definition) is 4. The third kappa shape index (κ3) is 8.33. The van der Waals surface area contributed by atoms with Crippen LogP contribution in [0.4, 0.5) is 0 Å². The van der Waals surface area contributed by atoms with Crippen LogP contribution in [0, 0.1) is 5.41 Å². The molecule has 1 aliphatic carbocycles. The highest BCUT2D eigenvalue weighted by atomic mass is 16.4. The Bertz CT molecular complexity index is 638. The van der Waals surface area contributed by atoms with Gasteiger partial charge in [-0.15, -0.1) is 0 Å². The number of aromatic carboxylic acids is 2. The molecule has 0 amide bonds. The normalized spacial score (nSPS) is 14.5.